The van der Waals surface area contributed by atoms with Crippen LogP contribution < -0.4 is 9.47 Å². The Hall–Kier alpha value is -2.86. The van der Waals surface area contributed by atoms with Crippen molar-refractivity contribution in [2.75, 3.05) is 19.7 Å². The summed E-state index contributed by atoms with van der Waals surface area (Å²) in [6.45, 7) is 7.37. The van der Waals surface area contributed by atoms with Crippen LogP contribution in [0.3, 0.4) is 0 Å². The van der Waals surface area contributed by atoms with Crippen LogP contribution in [0.4, 0.5) is 4.79 Å². The SMILES string of the molecule is CC(C)(C)OC(=O)N1CCC(c2cccc3c2OC[C@@H](c2ccc(Cl)c4ccoc24)O3)CC1. The predicted octanol–water partition coefficient (Wildman–Crippen LogP) is 6.71. The first-order valence-electron chi connectivity index (χ1n) is 11.4. The average molecular weight is 470 g/mol. The molecule has 0 radical (unpaired) electrons. The quantitative estimate of drug-likeness (QED) is 0.417. The van der Waals surface area contributed by atoms with Gasteiger partial charge in [0.2, 0.25) is 0 Å². The number of benzene rings is 2. The van der Waals surface area contributed by atoms with Crippen LogP contribution in [0.2, 0.25) is 5.02 Å². The molecule has 0 unspecified atom stereocenters. The van der Waals surface area contributed by atoms with Crippen LogP contribution >= 0.6 is 11.6 Å². The summed E-state index contributed by atoms with van der Waals surface area (Å²) in [4.78, 5) is 14.2. The van der Waals surface area contributed by atoms with Gasteiger partial charge in [0.25, 0.3) is 0 Å². The van der Waals surface area contributed by atoms with E-state index in [2.05, 4.69) is 6.07 Å². The van der Waals surface area contributed by atoms with Gasteiger partial charge in [0.15, 0.2) is 17.6 Å². The van der Waals surface area contributed by atoms with Crippen LogP contribution in [0, 0.1) is 0 Å². The number of piperidine rings is 1. The number of fused-ring (bicyclic) bond motifs is 2. The molecule has 5 rings (SSSR count). The molecule has 0 N–H and O–H groups in total. The highest BCUT2D eigenvalue weighted by molar-refractivity contribution is 6.35. The first-order valence-corrected chi connectivity index (χ1v) is 11.7. The van der Waals surface area contributed by atoms with Gasteiger partial charge < -0.3 is 23.5 Å². The molecule has 2 aliphatic heterocycles. The van der Waals surface area contributed by atoms with Gasteiger partial charge in [-0.15, -0.1) is 0 Å². The maximum atomic E-state index is 12.4. The molecule has 0 spiro atoms. The number of carbonyl (C=O) groups is 1. The summed E-state index contributed by atoms with van der Waals surface area (Å²) in [5.74, 6) is 1.83. The molecule has 0 aliphatic carbocycles. The molecule has 3 heterocycles. The molecular weight excluding hydrogens is 442 g/mol. The molecule has 1 saturated heterocycles. The zero-order chi connectivity index (χ0) is 23.2. The Morgan fingerprint density at radius 3 is 2.64 bits per heavy atom. The van der Waals surface area contributed by atoms with Gasteiger partial charge in [0.1, 0.15) is 17.8 Å². The van der Waals surface area contributed by atoms with E-state index in [1.54, 1.807) is 11.2 Å². The van der Waals surface area contributed by atoms with E-state index >= 15 is 0 Å². The highest BCUT2D eigenvalue weighted by atomic mass is 35.5. The summed E-state index contributed by atoms with van der Waals surface area (Å²) in [5.41, 5.74) is 2.29. The number of amides is 1. The summed E-state index contributed by atoms with van der Waals surface area (Å²) in [7, 11) is 0. The minimum absolute atomic E-state index is 0.245. The molecule has 174 valence electrons. The van der Waals surface area contributed by atoms with Gasteiger partial charge in [0.05, 0.1) is 11.3 Å². The Morgan fingerprint density at radius 1 is 1.09 bits per heavy atom. The second-order valence-corrected chi connectivity index (χ2v) is 10.0. The van der Waals surface area contributed by atoms with E-state index in [1.165, 1.54) is 0 Å². The molecule has 1 atom stereocenters. The number of likely N-dealkylation sites (tertiary alicyclic amines) is 1. The van der Waals surface area contributed by atoms with E-state index in [1.807, 2.05) is 51.1 Å². The third-order valence-corrected chi connectivity index (χ3v) is 6.51. The molecule has 2 aromatic carbocycles. The zero-order valence-corrected chi connectivity index (χ0v) is 19.9. The lowest BCUT2D eigenvalue weighted by Gasteiger charge is -2.35. The van der Waals surface area contributed by atoms with Gasteiger partial charge in [-0.25, -0.2) is 4.79 Å². The normalized spacial score (nSPS) is 19.0. The van der Waals surface area contributed by atoms with Crippen LogP contribution in [-0.4, -0.2) is 36.3 Å². The number of hydrogen-bond acceptors (Lipinski definition) is 5. The summed E-state index contributed by atoms with van der Waals surface area (Å²) >= 11 is 6.29. The monoisotopic (exact) mass is 469 g/mol. The highest BCUT2D eigenvalue weighted by Crippen LogP contribution is 2.45. The van der Waals surface area contributed by atoms with Gasteiger partial charge in [-0.2, -0.15) is 0 Å². The second-order valence-electron chi connectivity index (χ2n) is 9.63. The Balaban J connectivity index is 1.31. The highest BCUT2D eigenvalue weighted by Gasteiger charge is 2.32. The fraction of sp³-hybridized carbons (Fsp3) is 0.423. The minimum Gasteiger partial charge on any atom is -0.485 e. The molecule has 0 saturated carbocycles. The lowest BCUT2D eigenvalue weighted by Crippen LogP contribution is -2.41. The minimum atomic E-state index is -0.487. The number of carbonyl (C=O) groups excluding carboxylic acids is 1. The van der Waals surface area contributed by atoms with Gasteiger partial charge in [-0.3, -0.25) is 0 Å². The number of rotatable bonds is 2. The third-order valence-electron chi connectivity index (χ3n) is 6.18. The fourth-order valence-electron chi connectivity index (χ4n) is 4.60. The van der Waals surface area contributed by atoms with Gasteiger partial charge in [0, 0.05) is 29.6 Å². The lowest BCUT2D eigenvalue weighted by molar-refractivity contribution is 0.0203. The van der Waals surface area contributed by atoms with Crippen molar-refractivity contribution in [3.8, 4) is 11.5 Å². The van der Waals surface area contributed by atoms with E-state index in [-0.39, 0.29) is 12.2 Å². The van der Waals surface area contributed by atoms with Crippen molar-refractivity contribution >= 4 is 28.7 Å². The van der Waals surface area contributed by atoms with Crippen molar-refractivity contribution in [1.29, 1.82) is 0 Å². The van der Waals surface area contributed by atoms with Crippen molar-refractivity contribution in [3.05, 3.63) is 58.8 Å². The number of ether oxygens (including phenoxy) is 3. The second kappa shape index (κ2) is 8.49. The summed E-state index contributed by atoms with van der Waals surface area (Å²) in [6.07, 6.45) is 2.82. The standard InChI is InChI=1S/C26H28ClNO5/c1-26(2,3)33-25(29)28-12-9-16(10-13-28)17-5-4-6-21-24(17)31-15-22(32-21)19-7-8-20(27)18-11-14-30-23(18)19/h4-8,11,14,16,22H,9-10,12-13,15H2,1-3H3/t22-/m0/s1. The molecule has 6 nitrogen and oxygen atoms in total. The number of hydrogen-bond donors (Lipinski definition) is 0. The van der Waals surface area contributed by atoms with Crippen LogP contribution in [0.15, 0.2) is 47.1 Å². The maximum Gasteiger partial charge on any atom is 0.410 e. The van der Waals surface area contributed by atoms with Crippen LogP contribution in [0.1, 0.15) is 56.8 Å². The maximum absolute atomic E-state index is 12.4. The van der Waals surface area contributed by atoms with E-state index in [4.69, 9.17) is 30.2 Å². The molecule has 1 fully saturated rings. The Bertz CT molecular complexity index is 1170. The van der Waals surface area contributed by atoms with Gasteiger partial charge in [-0.05, 0) is 63.8 Å². The Kier molecular flexibility index (Phi) is 5.65. The Morgan fingerprint density at radius 2 is 1.88 bits per heavy atom. The van der Waals surface area contributed by atoms with Crippen molar-refractivity contribution in [2.45, 2.75) is 51.2 Å². The van der Waals surface area contributed by atoms with Gasteiger partial charge in [-0.1, -0.05) is 23.7 Å². The lowest BCUT2D eigenvalue weighted by atomic mass is 9.88. The fourth-order valence-corrected chi connectivity index (χ4v) is 4.82. The zero-order valence-electron chi connectivity index (χ0n) is 19.1. The van der Waals surface area contributed by atoms with Crippen molar-refractivity contribution in [2.24, 2.45) is 0 Å². The molecule has 7 heteroatoms. The molecule has 33 heavy (non-hydrogen) atoms. The number of halogens is 1. The van der Waals surface area contributed by atoms with Crippen LogP contribution in [0.25, 0.3) is 11.0 Å². The molecule has 1 aromatic heterocycles. The number of para-hydroxylation sites is 1. The number of nitrogens with zero attached hydrogens (tertiary/aromatic N) is 1. The number of furan rings is 1. The van der Waals surface area contributed by atoms with Gasteiger partial charge >= 0.3 is 6.09 Å². The summed E-state index contributed by atoms with van der Waals surface area (Å²) in [6, 6.07) is 11.7. The summed E-state index contributed by atoms with van der Waals surface area (Å²) < 4.78 is 23.8. The van der Waals surface area contributed by atoms with Crippen LogP contribution in [0.5, 0.6) is 11.5 Å². The predicted molar refractivity (Wildman–Crippen MR) is 126 cm³/mol. The first kappa shape index (κ1) is 22.0. The van der Waals surface area contributed by atoms with E-state index < -0.39 is 5.60 Å². The molecule has 3 aromatic rings. The summed E-state index contributed by atoms with van der Waals surface area (Å²) in [5, 5.41) is 1.52. The van der Waals surface area contributed by atoms with E-state index in [9.17, 15) is 4.79 Å². The smallest absolute Gasteiger partial charge is 0.410 e. The van der Waals surface area contributed by atoms with Crippen molar-refractivity contribution < 1.29 is 23.4 Å². The molecule has 2 aliphatic rings. The average Bonchev–Trinajstić information content (AvgIpc) is 3.28. The van der Waals surface area contributed by atoms with Crippen molar-refractivity contribution in [3.63, 3.8) is 0 Å². The third kappa shape index (κ3) is 4.36. The van der Waals surface area contributed by atoms with E-state index in [0.717, 1.165) is 46.4 Å². The molecule has 0 bridgehead atoms. The molecule has 1 amide bonds. The Labute approximate surface area is 198 Å². The van der Waals surface area contributed by atoms with Crippen molar-refractivity contribution in [1.82, 2.24) is 4.90 Å². The molecular formula is C26H28ClNO5. The largest absolute Gasteiger partial charge is 0.485 e. The van der Waals surface area contributed by atoms with Crippen LogP contribution in [-0.2, 0) is 4.74 Å². The topological polar surface area (TPSA) is 61.1 Å². The van der Waals surface area contributed by atoms with E-state index in [0.29, 0.717) is 30.6 Å². The first-order chi connectivity index (χ1) is 15.8.